The molecule has 6 heteroatoms. The van der Waals surface area contributed by atoms with Crippen LogP contribution in [-0.4, -0.2) is 71.7 Å². The van der Waals surface area contributed by atoms with Gasteiger partial charge in [0.15, 0.2) is 0 Å². The molecule has 1 aromatic carbocycles. The first-order valence-electron chi connectivity index (χ1n) is 12.6. The Morgan fingerprint density at radius 2 is 1.79 bits per heavy atom. The van der Waals surface area contributed by atoms with E-state index in [1.807, 2.05) is 0 Å². The quantitative estimate of drug-likeness (QED) is 0.719. The molecule has 0 aromatic heterocycles. The Labute approximate surface area is 196 Å². The van der Waals surface area contributed by atoms with Crippen molar-refractivity contribution in [1.82, 2.24) is 9.80 Å². The maximum Gasteiger partial charge on any atom is 0.242 e. The Kier molecular flexibility index (Phi) is 6.71. The Hall–Kier alpha value is -2.36. The summed E-state index contributed by atoms with van der Waals surface area (Å²) in [6.45, 7) is 1.81. The second kappa shape index (κ2) is 9.87. The molecule has 1 saturated carbocycles. The molecular weight excluding hydrogens is 416 g/mol. The van der Waals surface area contributed by atoms with Gasteiger partial charge >= 0.3 is 0 Å². The standard InChI is InChI=1S/C27H34N2O4/c30-18-24-26(21-10-8-20(9-11-21)7-6-19-4-2-1-3-5-19)23-16-28(17-25(31)29(23)24)27(32)22-12-14-33-15-13-22/h8-11,19,22-24,26,30H,1-5,12-18H2/t23-,24-,26-/m0/s1. The minimum atomic E-state index is -0.220. The number of benzene rings is 1. The third-order valence-corrected chi connectivity index (χ3v) is 7.96. The molecule has 1 aliphatic carbocycles. The fraction of sp³-hybridized carbons (Fsp3) is 0.630. The summed E-state index contributed by atoms with van der Waals surface area (Å²) >= 11 is 0. The van der Waals surface area contributed by atoms with E-state index in [0.29, 0.717) is 25.7 Å². The molecule has 0 bridgehead atoms. The van der Waals surface area contributed by atoms with E-state index in [2.05, 4.69) is 36.1 Å². The summed E-state index contributed by atoms with van der Waals surface area (Å²) in [5.74, 6) is 7.29. The Balaban J connectivity index is 1.29. The third-order valence-electron chi connectivity index (χ3n) is 7.96. The van der Waals surface area contributed by atoms with Crippen molar-refractivity contribution in [3.63, 3.8) is 0 Å². The van der Waals surface area contributed by atoms with Gasteiger partial charge < -0.3 is 19.6 Å². The number of hydrogen-bond acceptors (Lipinski definition) is 4. The van der Waals surface area contributed by atoms with Gasteiger partial charge in [-0.1, -0.05) is 43.2 Å². The van der Waals surface area contributed by atoms with Gasteiger partial charge in [-0.3, -0.25) is 9.59 Å². The molecular formula is C27H34N2O4. The molecule has 6 nitrogen and oxygen atoms in total. The number of carbonyl (C=O) groups is 2. The summed E-state index contributed by atoms with van der Waals surface area (Å²) in [5, 5.41) is 10.0. The zero-order chi connectivity index (χ0) is 22.8. The van der Waals surface area contributed by atoms with Crippen LogP contribution in [0.25, 0.3) is 0 Å². The van der Waals surface area contributed by atoms with E-state index in [1.54, 1.807) is 9.80 Å². The van der Waals surface area contributed by atoms with Crippen LogP contribution in [0, 0.1) is 23.7 Å². The number of hydrogen-bond donors (Lipinski definition) is 1. The van der Waals surface area contributed by atoms with Crippen molar-refractivity contribution < 1.29 is 19.4 Å². The van der Waals surface area contributed by atoms with Crippen LogP contribution in [0.15, 0.2) is 24.3 Å². The van der Waals surface area contributed by atoms with Gasteiger partial charge in [0.25, 0.3) is 0 Å². The number of piperazine rings is 1. The number of rotatable bonds is 3. The zero-order valence-corrected chi connectivity index (χ0v) is 19.2. The van der Waals surface area contributed by atoms with Crippen LogP contribution < -0.4 is 0 Å². The van der Waals surface area contributed by atoms with Crippen LogP contribution in [0.4, 0.5) is 0 Å². The van der Waals surface area contributed by atoms with E-state index in [-0.39, 0.29) is 48.9 Å². The average molecular weight is 451 g/mol. The molecule has 5 rings (SSSR count). The van der Waals surface area contributed by atoms with E-state index < -0.39 is 0 Å². The van der Waals surface area contributed by atoms with Crippen molar-refractivity contribution in [2.75, 3.05) is 32.9 Å². The van der Waals surface area contributed by atoms with E-state index >= 15 is 0 Å². The van der Waals surface area contributed by atoms with Gasteiger partial charge in [-0.25, -0.2) is 0 Å². The fourth-order valence-electron chi connectivity index (χ4n) is 6.09. The fourth-order valence-corrected chi connectivity index (χ4v) is 6.09. The van der Waals surface area contributed by atoms with Crippen molar-refractivity contribution in [2.45, 2.75) is 62.9 Å². The lowest BCUT2D eigenvalue weighted by atomic mass is 9.73. The number of aliphatic hydroxyl groups excluding tert-OH is 1. The number of amides is 2. The van der Waals surface area contributed by atoms with Crippen LogP contribution in [0.2, 0.25) is 0 Å². The molecule has 33 heavy (non-hydrogen) atoms. The van der Waals surface area contributed by atoms with Crippen molar-refractivity contribution in [3.8, 4) is 11.8 Å². The Morgan fingerprint density at radius 1 is 1.06 bits per heavy atom. The predicted molar refractivity (Wildman–Crippen MR) is 124 cm³/mol. The largest absolute Gasteiger partial charge is 0.394 e. The van der Waals surface area contributed by atoms with Crippen molar-refractivity contribution >= 4 is 11.8 Å². The second-order valence-corrected chi connectivity index (χ2v) is 9.98. The molecule has 0 radical (unpaired) electrons. The Bertz CT molecular complexity index is 922. The van der Waals surface area contributed by atoms with Gasteiger partial charge in [0.05, 0.1) is 25.2 Å². The first-order valence-corrected chi connectivity index (χ1v) is 12.6. The van der Waals surface area contributed by atoms with Gasteiger partial charge in [0.1, 0.15) is 0 Å². The summed E-state index contributed by atoms with van der Waals surface area (Å²) in [6.07, 6.45) is 7.77. The van der Waals surface area contributed by atoms with Crippen LogP contribution in [0.3, 0.4) is 0 Å². The molecule has 2 amide bonds. The lowest BCUT2D eigenvalue weighted by molar-refractivity contribution is -0.169. The maximum absolute atomic E-state index is 13.1. The van der Waals surface area contributed by atoms with Gasteiger partial charge in [0, 0.05) is 43.1 Å². The summed E-state index contributed by atoms with van der Waals surface area (Å²) < 4.78 is 5.39. The third kappa shape index (κ3) is 4.54. The average Bonchev–Trinajstić information content (AvgIpc) is 2.85. The van der Waals surface area contributed by atoms with E-state index in [9.17, 15) is 14.7 Å². The number of nitrogens with zero attached hydrogens (tertiary/aromatic N) is 2. The van der Waals surface area contributed by atoms with Crippen LogP contribution >= 0.6 is 0 Å². The second-order valence-electron chi connectivity index (χ2n) is 9.98. The molecule has 0 spiro atoms. The highest BCUT2D eigenvalue weighted by Gasteiger charge is 2.54. The minimum absolute atomic E-state index is 0.0320. The van der Waals surface area contributed by atoms with Crippen LogP contribution in [0.5, 0.6) is 0 Å². The first-order chi connectivity index (χ1) is 16.2. The number of fused-ring (bicyclic) bond motifs is 1. The van der Waals surface area contributed by atoms with E-state index in [0.717, 1.165) is 24.0 Å². The molecule has 4 fully saturated rings. The van der Waals surface area contributed by atoms with Crippen molar-refractivity contribution in [3.05, 3.63) is 35.4 Å². The molecule has 0 unspecified atom stereocenters. The van der Waals surface area contributed by atoms with Crippen LogP contribution in [-0.2, 0) is 14.3 Å². The van der Waals surface area contributed by atoms with E-state index in [4.69, 9.17) is 4.74 Å². The van der Waals surface area contributed by atoms with E-state index in [1.165, 1.54) is 32.1 Å². The SMILES string of the molecule is O=C(C1CCOCC1)N1CC(=O)N2[C@@H](CO)[C@@H](c3ccc(C#CC4CCCCC4)cc3)[C@@H]2C1. The summed E-state index contributed by atoms with van der Waals surface area (Å²) in [5.41, 5.74) is 2.11. The summed E-state index contributed by atoms with van der Waals surface area (Å²) in [6, 6.07) is 7.97. The van der Waals surface area contributed by atoms with Crippen molar-refractivity contribution in [1.29, 1.82) is 0 Å². The molecule has 4 aliphatic rings. The molecule has 1 aromatic rings. The molecule has 3 heterocycles. The van der Waals surface area contributed by atoms with Crippen molar-refractivity contribution in [2.24, 2.45) is 11.8 Å². The Morgan fingerprint density at radius 3 is 2.48 bits per heavy atom. The number of carbonyl (C=O) groups excluding carboxylic acids is 2. The topological polar surface area (TPSA) is 70.1 Å². The normalized spacial score (nSPS) is 28.5. The number of aliphatic hydroxyl groups is 1. The predicted octanol–water partition coefficient (Wildman–Crippen LogP) is 2.54. The van der Waals surface area contributed by atoms with Gasteiger partial charge in [-0.05, 0) is 43.4 Å². The highest BCUT2D eigenvalue weighted by molar-refractivity contribution is 5.88. The zero-order valence-electron chi connectivity index (χ0n) is 19.2. The molecule has 176 valence electrons. The summed E-state index contributed by atoms with van der Waals surface area (Å²) in [7, 11) is 0. The van der Waals surface area contributed by atoms with Gasteiger partial charge in [-0.2, -0.15) is 0 Å². The molecule has 1 N–H and O–H groups in total. The van der Waals surface area contributed by atoms with Gasteiger partial charge in [0.2, 0.25) is 11.8 Å². The highest BCUT2D eigenvalue weighted by atomic mass is 16.5. The lowest BCUT2D eigenvalue weighted by Gasteiger charge is -2.59. The summed E-state index contributed by atoms with van der Waals surface area (Å²) in [4.78, 5) is 29.5. The lowest BCUT2D eigenvalue weighted by Crippen LogP contribution is -2.73. The maximum atomic E-state index is 13.1. The van der Waals surface area contributed by atoms with Crippen LogP contribution in [0.1, 0.15) is 62.0 Å². The first kappa shape index (κ1) is 22.4. The smallest absolute Gasteiger partial charge is 0.242 e. The monoisotopic (exact) mass is 450 g/mol. The molecule has 3 saturated heterocycles. The highest BCUT2D eigenvalue weighted by Crippen LogP contribution is 2.43. The molecule has 3 aliphatic heterocycles. The molecule has 3 atom stereocenters. The minimum Gasteiger partial charge on any atom is -0.394 e. The number of ether oxygens (including phenoxy) is 1. The van der Waals surface area contributed by atoms with Gasteiger partial charge in [-0.15, -0.1) is 0 Å².